The zero-order valence-electron chi connectivity index (χ0n) is 12.1. The molecule has 0 N–H and O–H groups in total. The summed E-state index contributed by atoms with van der Waals surface area (Å²) in [7, 11) is -2.13. The fourth-order valence-electron chi connectivity index (χ4n) is 2.03. The van der Waals surface area contributed by atoms with Crippen molar-refractivity contribution in [2.45, 2.75) is 11.8 Å². The first kappa shape index (κ1) is 17.1. The van der Waals surface area contributed by atoms with Crippen molar-refractivity contribution in [1.29, 1.82) is 0 Å². The van der Waals surface area contributed by atoms with Gasteiger partial charge < -0.3 is 4.74 Å². The number of methoxy groups -OCH3 is 1. The molecule has 7 heteroatoms. The van der Waals surface area contributed by atoms with Gasteiger partial charge in [0, 0.05) is 11.6 Å². The molecule has 0 fully saturated rings. The number of anilines is 1. The smallest absolute Gasteiger partial charge is 0.264 e. The van der Waals surface area contributed by atoms with Gasteiger partial charge in [0.1, 0.15) is 5.75 Å². The Kier molecular flexibility index (Phi) is 5.36. The quantitative estimate of drug-likeness (QED) is 0.745. The Morgan fingerprint density at radius 1 is 1.18 bits per heavy atom. The molecule has 118 valence electrons. The third-order valence-corrected chi connectivity index (χ3v) is 5.88. The standard InChI is InChI=1S/C15H15BrClNO3S/c1-3-18(12-6-4-11(17)5-7-12)22(19,20)13-8-9-15(21-2)14(16)10-13/h4-10H,3H2,1-2H3. The summed E-state index contributed by atoms with van der Waals surface area (Å²) in [4.78, 5) is 0.192. The summed E-state index contributed by atoms with van der Waals surface area (Å²) < 4.78 is 32.7. The second-order valence-corrected chi connectivity index (χ2v) is 7.60. The van der Waals surface area contributed by atoms with Crippen LogP contribution in [0.2, 0.25) is 5.02 Å². The van der Waals surface area contributed by atoms with Crippen LogP contribution >= 0.6 is 27.5 Å². The van der Waals surface area contributed by atoms with Crippen molar-refractivity contribution in [2.24, 2.45) is 0 Å². The second kappa shape index (κ2) is 6.89. The molecule has 0 aliphatic rings. The number of hydrogen-bond acceptors (Lipinski definition) is 3. The Labute approximate surface area is 143 Å². The molecular weight excluding hydrogens is 390 g/mol. The SMILES string of the molecule is CCN(c1ccc(Cl)cc1)S(=O)(=O)c1ccc(OC)c(Br)c1. The van der Waals surface area contributed by atoms with Crippen LogP contribution < -0.4 is 9.04 Å². The molecule has 0 aliphatic heterocycles. The summed E-state index contributed by atoms with van der Waals surface area (Å²) in [5.74, 6) is 0.577. The van der Waals surface area contributed by atoms with Crippen LogP contribution in [0.1, 0.15) is 6.92 Å². The van der Waals surface area contributed by atoms with Gasteiger partial charge >= 0.3 is 0 Å². The molecule has 0 heterocycles. The highest BCUT2D eigenvalue weighted by Crippen LogP contribution is 2.30. The molecule has 2 aromatic carbocycles. The van der Waals surface area contributed by atoms with E-state index in [1.165, 1.54) is 23.5 Å². The number of halogens is 2. The molecule has 0 radical (unpaired) electrons. The van der Waals surface area contributed by atoms with Crippen LogP contribution in [-0.4, -0.2) is 22.1 Å². The summed E-state index contributed by atoms with van der Waals surface area (Å²) in [6.45, 7) is 2.10. The monoisotopic (exact) mass is 403 g/mol. The maximum absolute atomic E-state index is 12.8. The van der Waals surface area contributed by atoms with Crippen LogP contribution in [0.15, 0.2) is 51.8 Å². The minimum atomic E-state index is -3.66. The van der Waals surface area contributed by atoms with Crippen molar-refractivity contribution in [2.75, 3.05) is 18.0 Å². The predicted molar refractivity (Wildman–Crippen MR) is 92.4 cm³/mol. The van der Waals surface area contributed by atoms with Gasteiger partial charge in [0.15, 0.2) is 0 Å². The number of hydrogen-bond donors (Lipinski definition) is 0. The van der Waals surface area contributed by atoms with E-state index < -0.39 is 10.0 Å². The number of benzene rings is 2. The summed E-state index contributed by atoms with van der Waals surface area (Å²) in [5.41, 5.74) is 0.568. The maximum atomic E-state index is 12.8. The van der Waals surface area contributed by atoms with Crippen molar-refractivity contribution in [3.63, 3.8) is 0 Å². The lowest BCUT2D eigenvalue weighted by atomic mass is 10.3. The van der Waals surface area contributed by atoms with Crippen LogP contribution in [0.25, 0.3) is 0 Å². The van der Waals surface area contributed by atoms with Crippen LogP contribution in [0, 0.1) is 0 Å². The van der Waals surface area contributed by atoms with E-state index in [-0.39, 0.29) is 4.90 Å². The minimum absolute atomic E-state index is 0.192. The van der Waals surface area contributed by atoms with E-state index in [1.807, 2.05) is 0 Å². The van der Waals surface area contributed by atoms with E-state index in [0.717, 1.165) is 0 Å². The highest BCUT2D eigenvalue weighted by Gasteiger charge is 2.24. The average molecular weight is 405 g/mol. The Balaban J connectivity index is 2.47. The first-order valence-electron chi connectivity index (χ1n) is 6.52. The average Bonchev–Trinajstić information content (AvgIpc) is 2.49. The zero-order valence-corrected chi connectivity index (χ0v) is 15.2. The van der Waals surface area contributed by atoms with Gasteiger partial charge in [-0.2, -0.15) is 0 Å². The third kappa shape index (κ3) is 3.39. The summed E-state index contributed by atoms with van der Waals surface area (Å²) in [6.07, 6.45) is 0. The molecule has 0 bridgehead atoms. The van der Waals surface area contributed by atoms with Crippen LogP contribution in [0.3, 0.4) is 0 Å². The van der Waals surface area contributed by atoms with Crippen molar-refractivity contribution in [3.8, 4) is 5.75 Å². The Bertz CT molecular complexity index is 763. The van der Waals surface area contributed by atoms with Crippen molar-refractivity contribution < 1.29 is 13.2 Å². The molecule has 4 nitrogen and oxygen atoms in total. The molecule has 0 saturated heterocycles. The molecule has 0 aliphatic carbocycles. The van der Waals surface area contributed by atoms with Crippen LogP contribution in [0.4, 0.5) is 5.69 Å². The van der Waals surface area contributed by atoms with E-state index in [9.17, 15) is 8.42 Å². The molecule has 22 heavy (non-hydrogen) atoms. The normalized spacial score (nSPS) is 11.3. The fraction of sp³-hybridized carbons (Fsp3) is 0.200. The highest BCUT2D eigenvalue weighted by atomic mass is 79.9. The second-order valence-electron chi connectivity index (χ2n) is 4.44. The molecular formula is C15H15BrClNO3S. The topological polar surface area (TPSA) is 46.6 Å². The first-order chi connectivity index (χ1) is 10.4. The number of ether oxygens (including phenoxy) is 1. The lowest BCUT2D eigenvalue weighted by Gasteiger charge is -2.23. The molecule has 0 unspecified atom stereocenters. The Hall–Kier alpha value is -1.24. The summed E-state index contributed by atoms with van der Waals surface area (Å²) in [6, 6.07) is 11.4. The predicted octanol–water partition coefficient (Wildman–Crippen LogP) is 4.33. The summed E-state index contributed by atoms with van der Waals surface area (Å²) >= 11 is 9.17. The van der Waals surface area contributed by atoms with Gasteiger partial charge in [-0.1, -0.05) is 11.6 Å². The van der Waals surface area contributed by atoms with E-state index in [2.05, 4.69) is 15.9 Å². The van der Waals surface area contributed by atoms with Crippen LogP contribution in [-0.2, 0) is 10.0 Å². The lowest BCUT2D eigenvalue weighted by molar-refractivity contribution is 0.411. The minimum Gasteiger partial charge on any atom is -0.496 e. The van der Waals surface area contributed by atoms with Gasteiger partial charge in [0.25, 0.3) is 10.0 Å². The fourth-order valence-corrected chi connectivity index (χ4v) is 4.35. The van der Waals surface area contributed by atoms with Gasteiger partial charge in [0.2, 0.25) is 0 Å². The summed E-state index contributed by atoms with van der Waals surface area (Å²) in [5, 5.41) is 0.560. The van der Waals surface area contributed by atoms with Crippen molar-refractivity contribution >= 4 is 43.2 Å². The van der Waals surface area contributed by atoms with Crippen molar-refractivity contribution in [3.05, 3.63) is 52.0 Å². The molecule has 0 atom stereocenters. The number of nitrogens with zero attached hydrogens (tertiary/aromatic N) is 1. The Morgan fingerprint density at radius 3 is 2.32 bits per heavy atom. The lowest BCUT2D eigenvalue weighted by Crippen LogP contribution is -2.30. The zero-order chi connectivity index (χ0) is 16.3. The Morgan fingerprint density at radius 2 is 1.82 bits per heavy atom. The van der Waals surface area contributed by atoms with Gasteiger partial charge in [-0.05, 0) is 65.3 Å². The van der Waals surface area contributed by atoms with E-state index in [4.69, 9.17) is 16.3 Å². The van der Waals surface area contributed by atoms with E-state index in [1.54, 1.807) is 37.3 Å². The molecule has 0 amide bonds. The largest absolute Gasteiger partial charge is 0.496 e. The van der Waals surface area contributed by atoms with Gasteiger partial charge in [-0.15, -0.1) is 0 Å². The van der Waals surface area contributed by atoms with Crippen molar-refractivity contribution in [1.82, 2.24) is 0 Å². The van der Waals surface area contributed by atoms with Crippen LogP contribution in [0.5, 0.6) is 5.75 Å². The first-order valence-corrected chi connectivity index (χ1v) is 9.13. The maximum Gasteiger partial charge on any atom is 0.264 e. The number of rotatable bonds is 5. The van der Waals surface area contributed by atoms with E-state index in [0.29, 0.717) is 27.5 Å². The highest BCUT2D eigenvalue weighted by molar-refractivity contribution is 9.10. The molecule has 0 spiro atoms. The number of sulfonamides is 1. The molecule has 2 rings (SSSR count). The molecule has 0 aromatic heterocycles. The van der Waals surface area contributed by atoms with Gasteiger partial charge in [0.05, 0.1) is 22.2 Å². The van der Waals surface area contributed by atoms with Gasteiger partial charge in [-0.3, -0.25) is 4.31 Å². The molecule has 2 aromatic rings. The van der Waals surface area contributed by atoms with Gasteiger partial charge in [-0.25, -0.2) is 8.42 Å². The van der Waals surface area contributed by atoms with E-state index >= 15 is 0 Å². The third-order valence-electron chi connectivity index (χ3n) is 3.11. The molecule has 0 saturated carbocycles.